The number of carbonyl (C=O) groups excluding carboxylic acids is 1. The molecule has 1 atom stereocenters. The molecule has 1 heterocycles. The van der Waals surface area contributed by atoms with E-state index in [-0.39, 0.29) is 17.6 Å². The monoisotopic (exact) mass is 333 g/mol. The van der Waals surface area contributed by atoms with Gasteiger partial charge < -0.3 is 24.9 Å². The van der Waals surface area contributed by atoms with Crippen molar-refractivity contribution in [3.05, 3.63) is 41.6 Å². The molecule has 1 aromatic carbocycles. The van der Waals surface area contributed by atoms with Crippen molar-refractivity contribution in [3.63, 3.8) is 0 Å². The number of oxazole rings is 1. The van der Waals surface area contributed by atoms with Crippen LogP contribution < -0.4 is 20.5 Å². The van der Waals surface area contributed by atoms with Gasteiger partial charge in [-0.2, -0.15) is 0 Å². The number of hydrogen-bond acceptors (Lipinski definition) is 6. The van der Waals surface area contributed by atoms with E-state index >= 15 is 0 Å². The molecule has 2 aromatic rings. The molecule has 0 bridgehead atoms. The molecule has 3 N–H and O–H groups in total. The maximum absolute atomic E-state index is 12.2. The second-order valence-corrected chi connectivity index (χ2v) is 5.37. The first-order valence-electron chi connectivity index (χ1n) is 7.78. The molecule has 0 spiro atoms. The smallest absolute Gasteiger partial charge is 0.273 e. The van der Waals surface area contributed by atoms with E-state index < -0.39 is 0 Å². The Morgan fingerprint density at radius 2 is 1.96 bits per heavy atom. The maximum atomic E-state index is 12.2. The van der Waals surface area contributed by atoms with Crippen LogP contribution in [0, 0.1) is 0 Å². The van der Waals surface area contributed by atoms with E-state index in [1.54, 1.807) is 20.3 Å². The zero-order chi connectivity index (χ0) is 17.5. The SMILES string of the molecule is CCCC(N)c1nc(C(=O)NCc2cc(OC)cc(OC)c2)co1. The number of methoxy groups -OCH3 is 2. The Morgan fingerprint density at radius 3 is 2.54 bits per heavy atom. The summed E-state index contributed by atoms with van der Waals surface area (Å²) >= 11 is 0. The van der Waals surface area contributed by atoms with Crippen LogP contribution >= 0.6 is 0 Å². The van der Waals surface area contributed by atoms with Gasteiger partial charge in [0.2, 0.25) is 5.89 Å². The normalized spacial score (nSPS) is 11.8. The second-order valence-electron chi connectivity index (χ2n) is 5.37. The van der Waals surface area contributed by atoms with Crippen LogP contribution in [0.5, 0.6) is 11.5 Å². The van der Waals surface area contributed by atoms with Crippen molar-refractivity contribution in [1.82, 2.24) is 10.3 Å². The van der Waals surface area contributed by atoms with Gasteiger partial charge in [-0.1, -0.05) is 13.3 Å². The number of amides is 1. The third kappa shape index (κ3) is 4.48. The minimum atomic E-state index is -0.324. The third-order valence-electron chi connectivity index (χ3n) is 3.54. The topological polar surface area (TPSA) is 99.6 Å². The first-order valence-corrected chi connectivity index (χ1v) is 7.78. The lowest BCUT2D eigenvalue weighted by atomic mass is 10.2. The molecule has 1 aromatic heterocycles. The molecule has 2 rings (SSSR count). The molecule has 1 amide bonds. The summed E-state index contributed by atoms with van der Waals surface area (Å²) in [6, 6.07) is 5.13. The predicted molar refractivity (Wildman–Crippen MR) is 89.1 cm³/mol. The number of ether oxygens (including phenoxy) is 2. The molecule has 0 fully saturated rings. The van der Waals surface area contributed by atoms with Crippen LogP contribution in [-0.4, -0.2) is 25.1 Å². The Morgan fingerprint density at radius 1 is 1.29 bits per heavy atom. The largest absolute Gasteiger partial charge is 0.497 e. The average molecular weight is 333 g/mol. The average Bonchev–Trinajstić information content (AvgIpc) is 3.09. The summed E-state index contributed by atoms with van der Waals surface area (Å²) in [5.41, 5.74) is 7.00. The summed E-state index contributed by atoms with van der Waals surface area (Å²) in [5, 5.41) is 2.79. The van der Waals surface area contributed by atoms with Gasteiger partial charge in [-0.05, 0) is 24.1 Å². The minimum Gasteiger partial charge on any atom is -0.497 e. The van der Waals surface area contributed by atoms with Gasteiger partial charge in [-0.25, -0.2) is 4.98 Å². The maximum Gasteiger partial charge on any atom is 0.273 e. The highest BCUT2D eigenvalue weighted by Gasteiger charge is 2.16. The van der Waals surface area contributed by atoms with E-state index in [1.165, 1.54) is 6.26 Å². The molecule has 0 aliphatic carbocycles. The van der Waals surface area contributed by atoms with Gasteiger partial charge in [0, 0.05) is 12.6 Å². The number of hydrogen-bond donors (Lipinski definition) is 2. The van der Waals surface area contributed by atoms with Gasteiger partial charge in [0.25, 0.3) is 5.91 Å². The summed E-state index contributed by atoms with van der Waals surface area (Å²) < 4.78 is 15.7. The second kappa shape index (κ2) is 8.35. The van der Waals surface area contributed by atoms with Gasteiger partial charge in [0.1, 0.15) is 17.8 Å². The zero-order valence-corrected chi connectivity index (χ0v) is 14.2. The van der Waals surface area contributed by atoms with Crippen molar-refractivity contribution in [2.45, 2.75) is 32.4 Å². The van der Waals surface area contributed by atoms with E-state index in [2.05, 4.69) is 10.3 Å². The van der Waals surface area contributed by atoms with Crippen LogP contribution in [0.25, 0.3) is 0 Å². The molecule has 1 unspecified atom stereocenters. The van der Waals surface area contributed by atoms with Gasteiger partial charge in [-0.15, -0.1) is 0 Å². The fourth-order valence-electron chi connectivity index (χ4n) is 2.24. The number of rotatable bonds is 8. The summed E-state index contributed by atoms with van der Waals surface area (Å²) in [5.74, 6) is 1.38. The zero-order valence-electron chi connectivity index (χ0n) is 14.2. The Kier molecular flexibility index (Phi) is 6.20. The van der Waals surface area contributed by atoms with Crippen molar-refractivity contribution in [2.24, 2.45) is 5.73 Å². The Hall–Kier alpha value is -2.54. The first-order chi connectivity index (χ1) is 11.6. The third-order valence-corrected chi connectivity index (χ3v) is 3.54. The number of nitrogens with one attached hydrogen (secondary N) is 1. The highest BCUT2D eigenvalue weighted by Crippen LogP contribution is 2.22. The van der Waals surface area contributed by atoms with Gasteiger partial charge in [-0.3, -0.25) is 4.79 Å². The molecule has 0 aliphatic rings. The molecule has 24 heavy (non-hydrogen) atoms. The van der Waals surface area contributed by atoms with Crippen molar-refractivity contribution < 1.29 is 18.7 Å². The molecule has 130 valence electrons. The molecule has 0 saturated carbocycles. The van der Waals surface area contributed by atoms with Crippen LogP contribution in [0.3, 0.4) is 0 Å². The van der Waals surface area contributed by atoms with Crippen LogP contribution in [0.2, 0.25) is 0 Å². The lowest BCUT2D eigenvalue weighted by Crippen LogP contribution is -2.23. The van der Waals surface area contributed by atoms with Crippen LogP contribution in [0.1, 0.15) is 47.7 Å². The molecule has 7 heteroatoms. The van der Waals surface area contributed by atoms with E-state index in [0.717, 1.165) is 18.4 Å². The van der Waals surface area contributed by atoms with E-state index in [9.17, 15) is 4.79 Å². The standard InChI is InChI=1S/C17H23N3O4/c1-4-5-14(18)17-20-15(10-24-17)16(21)19-9-11-6-12(22-2)8-13(7-11)23-3/h6-8,10,14H,4-5,9,18H2,1-3H3,(H,19,21). The van der Waals surface area contributed by atoms with Crippen molar-refractivity contribution in [2.75, 3.05) is 14.2 Å². The van der Waals surface area contributed by atoms with Crippen molar-refractivity contribution >= 4 is 5.91 Å². The van der Waals surface area contributed by atoms with Crippen molar-refractivity contribution in [1.29, 1.82) is 0 Å². The molecule has 0 aliphatic heterocycles. The number of benzene rings is 1. The quantitative estimate of drug-likeness (QED) is 0.769. The Balaban J connectivity index is 2.00. The number of aromatic nitrogens is 1. The molecule has 0 saturated heterocycles. The van der Waals surface area contributed by atoms with E-state index in [1.807, 2.05) is 19.1 Å². The van der Waals surface area contributed by atoms with Gasteiger partial charge in [0.05, 0.1) is 20.3 Å². The van der Waals surface area contributed by atoms with Gasteiger partial charge >= 0.3 is 0 Å². The van der Waals surface area contributed by atoms with Crippen LogP contribution in [-0.2, 0) is 6.54 Å². The number of carbonyl (C=O) groups is 1. The minimum absolute atomic E-state index is 0.214. The summed E-state index contributed by atoms with van der Waals surface area (Å²) in [4.78, 5) is 16.3. The summed E-state index contributed by atoms with van der Waals surface area (Å²) in [6.45, 7) is 2.34. The van der Waals surface area contributed by atoms with Crippen LogP contribution in [0.15, 0.2) is 28.9 Å². The molecular formula is C17H23N3O4. The molecule has 7 nitrogen and oxygen atoms in total. The fraction of sp³-hybridized carbons (Fsp3) is 0.412. The lowest BCUT2D eigenvalue weighted by Gasteiger charge is -2.09. The predicted octanol–water partition coefficient (Wildman–Crippen LogP) is 2.42. The lowest BCUT2D eigenvalue weighted by molar-refractivity contribution is 0.0945. The van der Waals surface area contributed by atoms with Crippen molar-refractivity contribution in [3.8, 4) is 11.5 Å². The highest BCUT2D eigenvalue weighted by atomic mass is 16.5. The Bertz CT molecular complexity index is 662. The molecule has 0 radical (unpaired) electrons. The van der Waals surface area contributed by atoms with Crippen LogP contribution in [0.4, 0.5) is 0 Å². The first kappa shape index (κ1) is 17.8. The Labute approximate surface area is 141 Å². The van der Waals surface area contributed by atoms with E-state index in [4.69, 9.17) is 19.6 Å². The number of nitrogens with two attached hydrogens (primary N) is 1. The summed E-state index contributed by atoms with van der Waals surface area (Å²) in [7, 11) is 3.15. The van der Waals surface area contributed by atoms with Gasteiger partial charge in [0.15, 0.2) is 5.69 Å². The number of nitrogens with zero attached hydrogens (tertiary/aromatic N) is 1. The summed E-state index contributed by atoms with van der Waals surface area (Å²) in [6.07, 6.45) is 3.00. The van der Waals surface area contributed by atoms with E-state index in [0.29, 0.717) is 23.9 Å². The highest BCUT2D eigenvalue weighted by molar-refractivity contribution is 5.91. The molecular weight excluding hydrogens is 310 g/mol. The fourth-order valence-corrected chi connectivity index (χ4v) is 2.24.